The molecule has 0 saturated carbocycles. The van der Waals surface area contributed by atoms with Crippen LogP contribution in [0.15, 0.2) is 48.5 Å². The topological polar surface area (TPSA) is 119 Å². The summed E-state index contributed by atoms with van der Waals surface area (Å²) in [5.74, 6) is -0.555. The Morgan fingerprint density at radius 2 is 1.76 bits per heavy atom. The van der Waals surface area contributed by atoms with Crippen LogP contribution in [0, 0.1) is 0 Å². The van der Waals surface area contributed by atoms with E-state index in [1.165, 1.54) is 4.68 Å². The minimum absolute atomic E-state index is 0.0903. The first-order valence-corrected chi connectivity index (χ1v) is 11.6. The van der Waals surface area contributed by atoms with Gasteiger partial charge in [0.05, 0.1) is 16.3 Å². The number of rotatable bonds is 10. The average Bonchev–Trinajstić information content (AvgIpc) is 3.14. The number of nitrogens with one attached hydrogen (secondary N) is 1. The molecule has 2 aromatic carbocycles. The van der Waals surface area contributed by atoms with E-state index in [4.69, 9.17) is 33.7 Å². The van der Waals surface area contributed by atoms with Crippen LogP contribution in [0.3, 0.4) is 0 Å². The van der Waals surface area contributed by atoms with E-state index in [9.17, 15) is 14.7 Å². The summed E-state index contributed by atoms with van der Waals surface area (Å²) in [5, 5.41) is 18.2. The lowest BCUT2D eigenvalue weighted by molar-refractivity contribution is -0.118. The molecule has 0 aliphatic rings. The summed E-state index contributed by atoms with van der Waals surface area (Å²) >= 11 is 12.3. The number of carboxylic acids is 1. The van der Waals surface area contributed by atoms with Gasteiger partial charge >= 0.3 is 5.97 Å². The molecule has 1 amide bonds. The van der Waals surface area contributed by atoms with Gasteiger partial charge in [0, 0.05) is 18.0 Å². The predicted octanol–water partition coefficient (Wildman–Crippen LogP) is 5.44. The molecule has 3 aromatic rings. The molecule has 3 rings (SSSR count). The fourth-order valence-electron chi connectivity index (χ4n) is 2.91. The molecular weight excluding hydrogens is 479 g/mol. The Morgan fingerprint density at radius 1 is 1.09 bits per heavy atom. The van der Waals surface area contributed by atoms with E-state index in [1.54, 1.807) is 48.5 Å². The number of nitrogens with two attached hydrogens (primary N) is 1. The number of carbonyl (C=O) groups excluding carboxylic acids is 1. The van der Waals surface area contributed by atoms with Crippen LogP contribution in [-0.4, -0.2) is 33.3 Å². The predicted molar refractivity (Wildman–Crippen MR) is 133 cm³/mol. The second kappa shape index (κ2) is 13.6. The second-order valence-corrected chi connectivity index (χ2v) is 8.09. The molecule has 182 valence electrons. The quantitative estimate of drug-likeness (QED) is 0.315. The number of para-hydroxylation sites is 1. The molecule has 0 saturated heterocycles. The van der Waals surface area contributed by atoms with Crippen molar-refractivity contribution in [3.8, 4) is 17.3 Å². The summed E-state index contributed by atoms with van der Waals surface area (Å²) < 4.78 is 7.47. The molecule has 0 spiro atoms. The van der Waals surface area contributed by atoms with E-state index < -0.39 is 5.97 Å². The number of hydrogen-bond donors (Lipinski definition) is 3. The molecule has 4 N–H and O–H groups in total. The highest BCUT2D eigenvalue weighted by Crippen LogP contribution is 2.33. The summed E-state index contributed by atoms with van der Waals surface area (Å²) in [6, 6.07) is 13.8. The molecule has 0 fully saturated rings. The fraction of sp³-hybridized carbons (Fsp3) is 0.292. The van der Waals surface area contributed by atoms with Crippen molar-refractivity contribution in [2.75, 3.05) is 6.54 Å². The van der Waals surface area contributed by atoms with Crippen molar-refractivity contribution in [3.05, 3.63) is 69.8 Å². The van der Waals surface area contributed by atoms with Gasteiger partial charge in [0.25, 0.3) is 0 Å². The van der Waals surface area contributed by atoms with Gasteiger partial charge in [0.15, 0.2) is 5.69 Å². The molecule has 1 aromatic heterocycles. The number of halogens is 2. The molecule has 34 heavy (non-hydrogen) atoms. The first-order valence-electron chi connectivity index (χ1n) is 10.8. The van der Waals surface area contributed by atoms with Crippen LogP contribution >= 0.6 is 23.2 Å². The van der Waals surface area contributed by atoms with E-state index in [2.05, 4.69) is 10.4 Å². The Hall–Kier alpha value is -3.07. The molecular formula is C24H28Cl2N4O4. The van der Waals surface area contributed by atoms with Gasteiger partial charge < -0.3 is 20.9 Å². The minimum atomic E-state index is -1.14. The zero-order valence-electron chi connectivity index (χ0n) is 19.1. The Bertz CT molecular complexity index is 1100. The van der Waals surface area contributed by atoms with Gasteiger partial charge in [0.2, 0.25) is 11.8 Å². The maximum Gasteiger partial charge on any atom is 0.356 e. The lowest BCUT2D eigenvalue weighted by atomic mass is 10.2. The highest BCUT2D eigenvalue weighted by Gasteiger charge is 2.26. The highest BCUT2D eigenvalue weighted by atomic mass is 35.5. The van der Waals surface area contributed by atoms with Crippen molar-refractivity contribution in [3.63, 3.8) is 0 Å². The number of carbonyl (C=O) groups is 2. The number of amides is 1. The molecule has 8 nitrogen and oxygen atoms in total. The third-order valence-electron chi connectivity index (χ3n) is 4.47. The second-order valence-electron chi connectivity index (χ2n) is 7.25. The first kappa shape index (κ1) is 27.2. The number of hydrogen-bond acceptors (Lipinski definition) is 5. The highest BCUT2D eigenvalue weighted by molar-refractivity contribution is 6.32. The third-order valence-corrected chi connectivity index (χ3v) is 5.04. The van der Waals surface area contributed by atoms with Gasteiger partial charge in [-0.05, 0) is 55.8 Å². The number of aromatic carboxylic acids is 1. The van der Waals surface area contributed by atoms with Crippen LogP contribution < -0.4 is 15.8 Å². The van der Waals surface area contributed by atoms with Crippen LogP contribution in [0.5, 0.6) is 11.6 Å². The van der Waals surface area contributed by atoms with E-state index in [0.717, 1.165) is 19.4 Å². The number of primary amides is 1. The summed E-state index contributed by atoms with van der Waals surface area (Å²) in [5.41, 5.74) is 5.64. The molecule has 0 unspecified atom stereocenters. The average molecular weight is 507 g/mol. The van der Waals surface area contributed by atoms with Crippen LogP contribution in [0.1, 0.15) is 49.2 Å². The van der Waals surface area contributed by atoms with Crippen LogP contribution in [0.2, 0.25) is 10.0 Å². The maximum absolute atomic E-state index is 11.8. The van der Waals surface area contributed by atoms with Gasteiger partial charge in [-0.3, -0.25) is 4.79 Å². The summed E-state index contributed by atoms with van der Waals surface area (Å²) in [7, 11) is 0. The number of carboxylic acid groups (broad SMARTS) is 1. The van der Waals surface area contributed by atoms with Crippen molar-refractivity contribution in [2.45, 2.75) is 39.7 Å². The van der Waals surface area contributed by atoms with E-state index in [0.29, 0.717) is 40.0 Å². The van der Waals surface area contributed by atoms with Gasteiger partial charge in [-0.15, -0.1) is 0 Å². The lowest BCUT2D eigenvalue weighted by Gasteiger charge is -2.12. The van der Waals surface area contributed by atoms with E-state index in [1.807, 2.05) is 13.8 Å². The third kappa shape index (κ3) is 7.76. The summed E-state index contributed by atoms with van der Waals surface area (Å²) in [6.45, 7) is 4.98. The zero-order valence-corrected chi connectivity index (χ0v) is 20.6. The monoisotopic (exact) mass is 506 g/mol. The Balaban J connectivity index is 0.000000604. The van der Waals surface area contributed by atoms with Gasteiger partial charge in [-0.2, -0.15) is 9.78 Å². The molecule has 1 heterocycles. The van der Waals surface area contributed by atoms with Crippen molar-refractivity contribution in [2.24, 2.45) is 5.73 Å². The van der Waals surface area contributed by atoms with Crippen LogP contribution in [0.25, 0.3) is 5.69 Å². The molecule has 0 atom stereocenters. The van der Waals surface area contributed by atoms with E-state index >= 15 is 0 Å². The Kier molecular flexibility index (Phi) is 10.9. The molecule has 0 bridgehead atoms. The molecule has 10 heteroatoms. The van der Waals surface area contributed by atoms with Gasteiger partial charge in [-0.1, -0.05) is 49.2 Å². The molecule has 0 aliphatic carbocycles. The number of aromatic nitrogens is 2. The van der Waals surface area contributed by atoms with Crippen molar-refractivity contribution in [1.82, 2.24) is 15.1 Å². The summed E-state index contributed by atoms with van der Waals surface area (Å²) in [4.78, 5) is 21.6. The van der Waals surface area contributed by atoms with Gasteiger partial charge in [0.1, 0.15) is 5.75 Å². The van der Waals surface area contributed by atoms with Crippen LogP contribution in [-0.2, 0) is 11.3 Å². The minimum Gasteiger partial charge on any atom is -0.476 e. The Labute approximate surface area is 208 Å². The maximum atomic E-state index is 11.8. The normalized spacial score (nSPS) is 10.4. The number of benzene rings is 2. The van der Waals surface area contributed by atoms with E-state index in [-0.39, 0.29) is 17.5 Å². The zero-order chi connectivity index (χ0) is 25.1. The van der Waals surface area contributed by atoms with Gasteiger partial charge in [-0.25, -0.2) is 4.79 Å². The van der Waals surface area contributed by atoms with Crippen LogP contribution in [0.4, 0.5) is 0 Å². The molecule has 0 aliphatic heterocycles. The standard InChI is InChI=1S/C20H19Cl2N3O3.C4H9NO/c1-2-11-23-12-15-18(20(26)27)24-25(17-6-4-3-5-16(17)22)19(15)28-14-9-7-13(21)8-10-14;1-2-3-4(5)6/h3-10,23H,2,11-12H2,1H3,(H,26,27);2-3H2,1H3,(H2,5,6). The lowest BCUT2D eigenvalue weighted by Crippen LogP contribution is -2.16. The number of ether oxygens (including phenoxy) is 1. The Morgan fingerprint density at radius 3 is 2.29 bits per heavy atom. The van der Waals surface area contributed by atoms with Crippen molar-refractivity contribution < 1.29 is 19.4 Å². The molecule has 0 radical (unpaired) electrons. The van der Waals surface area contributed by atoms with Crippen molar-refractivity contribution in [1.29, 1.82) is 0 Å². The number of nitrogens with zero attached hydrogens (tertiary/aromatic N) is 2. The largest absolute Gasteiger partial charge is 0.476 e. The first-order chi connectivity index (χ1) is 16.3. The van der Waals surface area contributed by atoms with Crippen molar-refractivity contribution >= 4 is 35.1 Å². The smallest absolute Gasteiger partial charge is 0.356 e. The summed E-state index contributed by atoms with van der Waals surface area (Å²) in [6.07, 6.45) is 2.28. The fourth-order valence-corrected chi connectivity index (χ4v) is 3.25. The SMILES string of the molecule is CCCC(N)=O.CCCNCc1c(C(=O)O)nn(-c2ccccc2Cl)c1Oc1ccc(Cl)cc1.